The van der Waals surface area contributed by atoms with Gasteiger partial charge in [-0.2, -0.15) is 0 Å². The first-order valence-corrected chi connectivity index (χ1v) is 4.05. The molecule has 0 bridgehead atoms. The van der Waals surface area contributed by atoms with E-state index in [1.54, 1.807) is 12.1 Å². The predicted molar refractivity (Wildman–Crippen MR) is 44.8 cm³/mol. The van der Waals surface area contributed by atoms with Gasteiger partial charge in [0.05, 0.1) is 6.04 Å². The van der Waals surface area contributed by atoms with Crippen LogP contribution in [0.5, 0.6) is 5.75 Å². The van der Waals surface area contributed by atoms with Crippen molar-refractivity contribution in [3.05, 3.63) is 29.6 Å². The van der Waals surface area contributed by atoms with Gasteiger partial charge in [-0.1, -0.05) is 6.07 Å². The fourth-order valence-electron chi connectivity index (χ4n) is 1.44. The molecule has 1 aliphatic heterocycles. The molecule has 2 atom stereocenters. The quantitative estimate of drug-likeness (QED) is 0.618. The Morgan fingerprint density at radius 2 is 2.31 bits per heavy atom. The van der Waals surface area contributed by atoms with Crippen molar-refractivity contribution in [1.82, 2.24) is 0 Å². The van der Waals surface area contributed by atoms with Crippen LogP contribution in [0.2, 0.25) is 0 Å². The molecule has 13 heavy (non-hydrogen) atoms. The summed E-state index contributed by atoms with van der Waals surface area (Å²) in [5.41, 5.74) is 5.89. The Balaban J connectivity index is 2.51. The average molecular weight is 183 g/mol. The second kappa shape index (κ2) is 2.97. The molecular formula is C9H10FNO2. The minimum atomic E-state index is -0.829. The van der Waals surface area contributed by atoms with Gasteiger partial charge in [0, 0.05) is 5.56 Å². The number of ether oxygens (including phenoxy) is 1. The maximum atomic E-state index is 13.2. The standard InChI is InChI=1S/C9H10FNO2/c10-5-2-1-3-7-8(5)9(11)6(12)4-13-7/h1-3,6,9,12H,4,11H2. The van der Waals surface area contributed by atoms with Gasteiger partial charge in [-0.3, -0.25) is 0 Å². The molecule has 0 aliphatic carbocycles. The lowest BCUT2D eigenvalue weighted by atomic mass is 9.99. The Bertz CT molecular complexity index is 329. The lowest BCUT2D eigenvalue weighted by molar-refractivity contribution is 0.0659. The molecule has 0 saturated heterocycles. The van der Waals surface area contributed by atoms with E-state index in [1.807, 2.05) is 0 Å². The fraction of sp³-hybridized carbons (Fsp3) is 0.333. The molecule has 4 heteroatoms. The van der Waals surface area contributed by atoms with Crippen molar-refractivity contribution < 1.29 is 14.2 Å². The van der Waals surface area contributed by atoms with Crippen molar-refractivity contribution in [1.29, 1.82) is 0 Å². The maximum Gasteiger partial charge on any atom is 0.131 e. The normalized spacial score (nSPS) is 26.4. The van der Waals surface area contributed by atoms with Crippen molar-refractivity contribution in [2.45, 2.75) is 12.1 Å². The van der Waals surface area contributed by atoms with Gasteiger partial charge in [0.25, 0.3) is 0 Å². The molecule has 3 N–H and O–H groups in total. The van der Waals surface area contributed by atoms with Crippen LogP contribution in [0.15, 0.2) is 18.2 Å². The first-order chi connectivity index (χ1) is 6.20. The molecule has 2 unspecified atom stereocenters. The Hall–Kier alpha value is -1.13. The van der Waals surface area contributed by atoms with E-state index in [9.17, 15) is 9.50 Å². The van der Waals surface area contributed by atoms with Gasteiger partial charge in [-0.15, -0.1) is 0 Å². The molecule has 3 nitrogen and oxygen atoms in total. The topological polar surface area (TPSA) is 55.5 Å². The third kappa shape index (κ3) is 1.28. The zero-order chi connectivity index (χ0) is 9.42. The number of rotatable bonds is 0. The van der Waals surface area contributed by atoms with E-state index in [0.717, 1.165) is 0 Å². The summed E-state index contributed by atoms with van der Waals surface area (Å²) in [6.07, 6.45) is -0.829. The molecule has 1 aromatic carbocycles. The van der Waals surface area contributed by atoms with Crippen LogP contribution in [0.3, 0.4) is 0 Å². The molecule has 0 amide bonds. The second-order valence-corrected chi connectivity index (χ2v) is 3.06. The van der Waals surface area contributed by atoms with Gasteiger partial charge in [0.15, 0.2) is 0 Å². The van der Waals surface area contributed by atoms with Crippen molar-refractivity contribution in [3.63, 3.8) is 0 Å². The molecule has 0 aromatic heterocycles. The first-order valence-electron chi connectivity index (χ1n) is 4.05. The zero-order valence-electron chi connectivity index (χ0n) is 6.90. The van der Waals surface area contributed by atoms with E-state index in [1.165, 1.54) is 6.07 Å². The Kier molecular flexibility index (Phi) is 1.94. The van der Waals surface area contributed by atoms with Crippen LogP contribution < -0.4 is 10.5 Å². The molecule has 1 aromatic rings. The Morgan fingerprint density at radius 3 is 3.08 bits per heavy atom. The summed E-state index contributed by atoms with van der Waals surface area (Å²) in [7, 11) is 0. The molecule has 70 valence electrons. The maximum absolute atomic E-state index is 13.2. The van der Waals surface area contributed by atoms with Crippen LogP contribution >= 0.6 is 0 Å². The highest BCUT2D eigenvalue weighted by atomic mass is 19.1. The summed E-state index contributed by atoms with van der Waals surface area (Å²) < 4.78 is 18.3. The highest BCUT2D eigenvalue weighted by Crippen LogP contribution is 2.32. The molecule has 2 rings (SSSR count). The van der Waals surface area contributed by atoms with Crippen LogP contribution in [0.1, 0.15) is 11.6 Å². The van der Waals surface area contributed by atoms with E-state index in [4.69, 9.17) is 10.5 Å². The third-order valence-electron chi connectivity index (χ3n) is 2.17. The van der Waals surface area contributed by atoms with Crippen LogP contribution in [0, 0.1) is 5.82 Å². The lowest BCUT2D eigenvalue weighted by Crippen LogP contribution is -2.36. The van der Waals surface area contributed by atoms with Crippen LogP contribution in [0.25, 0.3) is 0 Å². The molecule has 1 aliphatic rings. The number of hydrogen-bond acceptors (Lipinski definition) is 3. The van der Waals surface area contributed by atoms with Crippen LogP contribution in [-0.2, 0) is 0 Å². The summed E-state index contributed by atoms with van der Waals surface area (Å²) in [6, 6.07) is 3.81. The van der Waals surface area contributed by atoms with Gasteiger partial charge >= 0.3 is 0 Å². The zero-order valence-corrected chi connectivity index (χ0v) is 6.90. The first kappa shape index (κ1) is 8.47. The van der Waals surface area contributed by atoms with Gasteiger partial charge in [-0.25, -0.2) is 4.39 Å². The molecule has 0 saturated carbocycles. The number of fused-ring (bicyclic) bond motifs is 1. The summed E-state index contributed by atoms with van der Waals surface area (Å²) in [4.78, 5) is 0. The monoisotopic (exact) mass is 183 g/mol. The summed E-state index contributed by atoms with van der Waals surface area (Å²) in [6.45, 7) is 0.123. The summed E-state index contributed by atoms with van der Waals surface area (Å²) in [5, 5.41) is 9.33. The molecular weight excluding hydrogens is 173 g/mol. The van der Waals surface area contributed by atoms with Crippen molar-refractivity contribution in [3.8, 4) is 5.75 Å². The minimum absolute atomic E-state index is 0.123. The van der Waals surface area contributed by atoms with E-state index in [0.29, 0.717) is 5.75 Å². The van der Waals surface area contributed by atoms with Gasteiger partial charge < -0.3 is 15.6 Å². The number of aliphatic hydroxyl groups excluding tert-OH is 1. The highest BCUT2D eigenvalue weighted by molar-refractivity contribution is 5.39. The van der Waals surface area contributed by atoms with Crippen LogP contribution in [0.4, 0.5) is 4.39 Å². The largest absolute Gasteiger partial charge is 0.490 e. The van der Waals surface area contributed by atoms with E-state index in [2.05, 4.69) is 0 Å². The predicted octanol–water partition coefficient (Wildman–Crippen LogP) is 0.579. The summed E-state index contributed by atoms with van der Waals surface area (Å²) >= 11 is 0. The fourth-order valence-corrected chi connectivity index (χ4v) is 1.44. The van der Waals surface area contributed by atoms with E-state index >= 15 is 0 Å². The Labute approximate surface area is 74.9 Å². The average Bonchev–Trinajstić information content (AvgIpc) is 2.12. The van der Waals surface area contributed by atoms with E-state index < -0.39 is 18.0 Å². The molecule has 0 fully saturated rings. The number of benzene rings is 1. The summed E-state index contributed by atoms with van der Waals surface area (Å²) in [5.74, 6) is 0.00144. The van der Waals surface area contributed by atoms with Gasteiger partial charge in [0.1, 0.15) is 24.3 Å². The highest BCUT2D eigenvalue weighted by Gasteiger charge is 2.28. The van der Waals surface area contributed by atoms with Gasteiger partial charge in [0.2, 0.25) is 0 Å². The molecule has 1 heterocycles. The minimum Gasteiger partial charge on any atom is -0.490 e. The van der Waals surface area contributed by atoms with Crippen molar-refractivity contribution >= 4 is 0 Å². The third-order valence-corrected chi connectivity index (χ3v) is 2.17. The SMILES string of the molecule is NC1c2c(F)cccc2OCC1O. The number of nitrogens with two attached hydrogens (primary N) is 1. The number of hydrogen-bond donors (Lipinski definition) is 2. The second-order valence-electron chi connectivity index (χ2n) is 3.06. The van der Waals surface area contributed by atoms with Gasteiger partial charge in [-0.05, 0) is 12.1 Å². The molecule has 0 spiro atoms. The number of aliphatic hydroxyl groups is 1. The number of halogens is 1. The van der Waals surface area contributed by atoms with Crippen molar-refractivity contribution in [2.75, 3.05) is 6.61 Å². The Morgan fingerprint density at radius 1 is 1.54 bits per heavy atom. The van der Waals surface area contributed by atoms with E-state index in [-0.39, 0.29) is 12.2 Å². The molecule has 0 radical (unpaired) electrons. The van der Waals surface area contributed by atoms with Crippen LogP contribution in [-0.4, -0.2) is 17.8 Å². The lowest BCUT2D eigenvalue weighted by Gasteiger charge is -2.27. The smallest absolute Gasteiger partial charge is 0.131 e. The van der Waals surface area contributed by atoms with Crippen molar-refractivity contribution in [2.24, 2.45) is 5.73 Å².